The highest BCUT2D eigenvalue weighted by Gasteiger charge is 2.21. The Hall–Kier alpha value is -2.18. The molecule has 2 fully saturated rings. The molecule has 144 valence electrons. The summed E-state index contributed by atoms with van der Waals surface area (Å²) in [5.41, 5.74) is 2.71. The van der Waals surface area contributed by atoms with Crippen molar-refractivity contribution in [3.8, 4) is 0 Å². The Labute approximate surface area is 161 Å². The first-order chi connectivity index (χ1) is 13.2. The van der Waals surface area contributed by atoms with E-state index in [9.17, 15) is 5.11 Å². The van der Waals surface area contributed by atoms with Crippen LogP contribution in [-0.2, 0) is 6.54 Å². The molecule has 1 aromatic carbocycles. The van der Waals surface area contributed by atoms with Gasteiger partial charge in [0.1, 0.15) is 18.0 Å². The van der Waals surface area contributed by atoms with Crippen LogP contribution in [-0.4, -0.2) is 65.3 Å². The van der Waals surface area contributed by atoms with E-state index in [4.69, 9.17) is 0 Å². The zero-order valence-electron chi connectivity index (χ0n) is 16.1. The summed E-state index contributed by atoms with van der Waals surface area (Å²) in [5, 5.41) is 9.71. The van der Waals surface area contributed by atoms with Gasteiger partial charge in [-0.25, -0.2) is 9.97 Å². The van der Waals surface area contributed by atoms with Gasteiger partial charge in [0.05, 0.1) is 6.10 Å². The van der Waals surface area contributed by atoms with Crippen molar-refractivity contribution >= 4 is 11.6 Å². The summed E-state index contributed by atoms with van der Waals surface area (Å²) in [6, 6.07) is 10.9. The van der Waals surface area contributed by atoms with Crippen LogP contribution in [0.5, 0.6) is 0 Å². The van der Waals surface area contributed by atoms with Crippen LogP contribution in [0.25, 0.3) is 0 Å². The lowest BCUT2D eigenvalue weighted by Crippen LogP contribution is -2.46. The van der Waals surface area contributed by atoms with E-state index >= 15 is 0 Å². The van der Waals surface area contributed by atoms with Crippen molar-refractivity contribution in [1.29, 1.82) is 0 Å². The molecule has 0 radical (unpaired) electrons. The molecule has 1 N–H and O–H groups in total. The highest BCUT2D eigenvalue weighted by Crippen LogP contribution is 2.22. The zero-order valence-corrected chi connectivity index (χ0v) is 16.1. The summed E-state index contributed by atoms with van der Waals surface area (Å²) in [6.45, 7) is 8.95. The molecule has 0 saturated carbocycles. The Balaban J connectivity index is 1.35. The molecule has 0 aliphatic carbocycles. The van der Waals surface area contributed by atoms with Crippen LogP contribution >= 0.6 is 0 Å². The summed E-state index contributed by atoms with van der Waals surface area (Å²) in [4.78, 5) is 16.1. The summed E-state index contributed by atoms with van der Waals surface area (Å²) >= 11 is 0. The van der Waals surface area contributed by atoms with Gasteiger partial charge in [0.25, 0.3) is 0 Å². The first-order valence-electron chi connectivity index (χ1n) is 9.95. The number of rotatable bonds is 4. The maximum absolute atomic E-state index is 9.71. The number of aliphatic hydroxyl groups is 1. The van der Waals surface area contributed by atoms with Crippen LogP contribution in [0, 0.1) is 6.92 Å². The molecular weight excluding hydrogens is 338 g/mol. The Morgan fingerprint density at radius 3 is 2.26 bits per heavy atom. The Morgan fingerprint density at radius 1 is 0.926 bits per heavy atom. The highest BCUT2D eigenvalue weighted by atomic mass is 16.3. The molecule has 0 unspecified atom stereocenters. The molecule has 0 bridgehead atoms. The number of piperazine rings is 1. The lowest BCUT2D eigenvalue weighted by Gasteiger charge is -2.36. The quantitative estimate of drug-likeness (QED) is 0.893. The van der Waals surface area contributed by atoms with Gasteiger partial charge in [-0.1, -0.05) is 29.8 Å². The van der Waals surface area contributed by atoms with Crippen LogP contribution in [0.2, 0.25) is 0 Å². The highest BCUT2D eigenvalue weighted by molar-refractivity contribution is 5.50. The largest absolute Gasteiger partial charge is 0.393 e. The predicted octanol–water partition coefficient (Wildman–Crippen LogP) is 2.07. The third-order valence-electron chi connectivity index (χ3n) is 5.61. The second-order valence-electron chi connectivity index (χ2n) is 7.70. The third kappa shape index (κ3) is 4.57. The van der Waals surface area contributed by atoms with Crippen molar-refractivity contribution in [1.82, 2.24) is 14.9 Å². The molecule has 1 aromatic heterocycles. The van der Waals surface area contributed by atoms with E-state index in [1.165, 1.54) is 11.1 Å². The first-order valence-corrected chi connectivity index (χ1v) is 9.95. The van der Waals surface area contributed by atoms with E-state index in [-0.39, 0.29) is 6.10 Å². The number of nitrogens with zero attached hydrogens (tertiary/aromatic N) is 5. The van der Waals surface area contributed by atoms with Crippen LogP contribution in [0.4, 0.5) is 11.6 Å². The van der Waals surface area contributed by atoms with E-state index in [0.717, 1.165) is 70.3 Å². The molecule has 27 heavy (non-hydrogen) atoms. The van der Waals surface area contributed by atoms with Crippen LogP contribution in [0.15, 0.2) is 36.7 Å². The summed E-state index contributed by atoms with van der Waals surface area (Å²) in [5.74, 6) is 2.00. The van der Waals surface area contributed by atoms with E-state index in [0.29, 0.717) is 0 Å². The minimum absolute atomic E-state index is 0.163. The number of anilines is 2. The lowest BCUT2D eigenvalue weighted by molar-refractivity contribution is 0.145. The summed E-state index contributed by atoms with van der Waals surface area (Å²) in [6.07, 6.45) is 3.15. The van der Waals surface area contributed by atoms with Crippen LogP contribution < -0.4 is 9.80 Å². The number of aryl methyl sites for hydroxylation is 1. The molecule has 0 spiro atoms. The maximum atomic E-state index is 9.71. The van der Waals surface area contributed by atoms with Gasteiger partial charge in [-0.2, -0.15) is 0 Å². The van der Waals surface area contributed by atoms with Crippen molar-refractivity contribution in [3.63, 3.8) is 0 Å². The smallest absolute Gasteiger partial charge is 0.134 e. The average Bonchev–Trinajstić information content (AvgIpc) is 2.69. The number of benzene rings is 1. The molecule has 2 aliphatic rings. The normalized spacial score (nSPS) is 19.5. The number of aromatic nitrogens is 2. The Bertz CT molecular complexity index is 752. The molecule has 4 rings (SSSR count). The number of hydrogen-bond acceptors (Lipinski definition) is 6. The summed E-state index contributed by atoms with van der Waals surface area (Å²) in [7, 11) is 0. The fraction of sp³-hybridized carbons (Fsp3) is 0.524. The molecule has 2 aromatic rings. The molecular formula is C21H29N5O. The minimum Gasteiger partial charge on any atom is -0.393 e. The SMILES string of the molecule is Cc1cccc(CN2CCN(c3cc(N4CCC(O)CC4)ncn3)CC2)c1. The average molecular weight is 367 g/mol. The van der Waals surface area contributed by atoms with Gasteiger partial charge in [0.15, 0.2) is 0 Å². The van der Waals surface area contributed by atoms with Crippen LogP contribution in [0.1, 0.15) is 24.0 Å². The van der Waals surface area contributed by atoms with E-state index in [1.807, 2.05) is 0 Å². The van der Waals surface area contributed by atoms with Crippen molar-refractivity contribution in [3.05, 3.63) is 47.8 Å². The fourth-order valence-corrected chi connectivity index (χ4v) is 3.98. The number of piperidine rings is 1. The summed E-state index contributed by atoms with van der Waals surface area (Å²) < 4.78 is 0. The maximum Gasteiger partial charge on any atom is 0.134 e. The zero-order chi connectivity index (χ0) is 18.6. The van der Waals surface area contributed by atoms with Gasteiger partial charge in [0, 0.05) is 51.9 Å². The van der Waals surface area contributed by atoms with Gasteiger partial charge in [0.2, 0.25) is 0 Å². The fourth-order valence-electron chi connectivity index (χ4n) is 3.98. The molecule has 2 aliphatic heterocycles. The van der Waals surface area contributed by atoms with E-state index in [1.54, 1.807) is 6.33 Å². The Morgan fingerprint density at radius 2 is 1.59 bits per heavy atom. The van der Waals surface area contributed by atoms with Gasteiger partial charge in [-0.15, -0.1) is 0 Å². The number of aliphatic hydroxyl groups excluding tert-OH is 1. The number of hydrogen-bond donors (Lipinski definition) is 1. The molecule has 6 nitrogen and oxygen atoms in total. The van der Waals surface area contributed by atoms with Crippen molar-refractivity contribution in [2.75, 3.05) is 49.1 Å². The van der Waals surface area contributed by atoms with Gasteiger partial charge in [-0.05, 0) is 25.3 Å². The molecule has 0 atom stereocenters. The van der Waals surface area contributed by atoms with Crippen molar-refractivity contribution in [2.24, 2.45) is 0 Å². The molecule has 6 heteroatoms. The monoisotopic (exact) mass is 367 g/mol. The van der Waals surface area contributed by atoms with E-state index in [2.05, 4.69) is 61.9 Å². The van der Waals surface area contributed by atoms with E-state index < -0.39 is 0 Å². The topological polar surface area (TPSA) is 55.7 Å². The molecule has 3 heterocycles. The van der Waals surface area contributed by atoms with Gasteiger partial charge >= 0.3 is 0 Å². The molecule has 0 amide bonds. The second-order valence-corrected chi connectivity index (χ2v) is 7.70. The van der Waals surface area contributed by atoms with Crippen molar-refractivity contribution < 1.29 is 5.11 Å². The standard InChI is InChI=1S/C21H29N5O/c1-17-3-2-4-18(13-17)15-24-9-11-26(12-10-24)21-14-20(22-16-23-21)25-7-5-19(27)6-8-25/h2-4,13-14,16,19,27H,5-12,15H2,1H3. The Kier molecular flexibility index (Phi) is 5.55. The minimum atomic E-state index is -0.163. The van der Waals surface area contributed by atoms with Crippen LogP contribution in [0.3, 0.4) is 0 Å². The van der Waals surface area contributed by atoms with Gasteiger partial charge in [-0.3, -0.25) is 4.90 Å². The predicted molar refractivity (Wildman–Crippen MR) is 108 cm³/mol. The van der Waals surface area contributed by atoms with Gasteiger partial charge < -0.3 is 14.9 Å². The first kappa shape index (κ1) is 18.2. The lowest BCUT2D eigenvalue weighted by atomic mass is 10.1. The third-order valence-corrected chi connectivity index (χ3v) is 5.61. The second kappa shape index (κ2) is 8.23. The van der Waals surface area contributed by atoms with Crippen molar-refractivity contribution in [2.45, 2.75) is 32.4 Å². The molecule has 2 saturated heterocycles.